The van der Waals surface area contributed by atoms with E-state index in [-0.39, 0.29) is 0 Å². The molecule has 2 atom stereocenters. The monoisotopic (exact) mass is 284 g/mol. The fourth-order valence-electron chi connectivity index (χ4n) is 3.17. The summed E-state index contributed by atoms with van der Waals surface area (Å²) in [5, 5.41) is 0. The van der Waals surface area contributed by atoms with E-state index in [0.29, 0.717) is 17.9 Å². The zero-order valence-corrected chi connectivity index (χ0v) is 13.6. The summed E-state index contributed by atoms with van der Waals surface area (Å²) in [6.07, 6.45) is 10.9. The van der Waals surface area contributed by atoms with Crippen LogP contribution in [-0.4, -0.2) is 9.55 Å². The van der Waals surface area contributed by atoms with E-state index >= 15 is 0 Å². The van der Waals surface area contributed by atoms with Crippen molar-refractivity contribution < 1.29 is 0 Å². The van der Waals surface area contributed by atoms with Crippen molar-refractivity contribution in [3.05, 3.63) is 54.6 Å². The molecule has 0 saturated heterocycles. The molecule has 0 radical (unpaired) electrons. The van der Waals surface area contributed by atoms with E-state index in [1.54, 1.807) is 0 Å². The maximum atomic E-state index is 4.26. The number of imidazole rings is 1. The Bertz CT molecular complexity index is 488. The Morgan fingerprint density at radius 2 is 1.90 bits per heavy atom. The first-order valence-electron chi connectivity index (χ1n) is 8.23. The molecule has 2 unspecified atom stereocenters. The van der Waals surface area contributed by atoms with Crippen LogP contribution < -0.4 is 0 Å². The minimum absolute atomic E-state index is 0.549. The Morgan fingerprint density at radius 1 is 1.14 bits per heavy atom. The molecule has 0 fully saturated rings. The molecule has 0 amide bonds. The highest BCUT2D eigenvalue weighted by molar-refractivity contribution is 5.15. The van der Waals surface area contributed by atoms with Crippen LogP contribution in [0.25, 0.3) is 0 Å². The molecule has 0 spiro atoms. The molecule has 0 aliphatic carbocycles. The molecule has 1 aromatic heterocycles. The van der Waals surface area contributed by atoms with Gasteiger partial charge >= 0.3 is 0 Å². The summed E-state index contributed by atoms with van der Waals surface area (Å²) in [5.74, 6) is 1.31. The summed E-state index contributed by atoms with van der Waals surface area (Å²) in [4.78, 5) is 4.26. The Labute approximate surface area is 129 Å². The van der Waals surface area contributed by atoms with Gasteiger partial charge in [0.2, 0.25) is 0 Å². The number of benzene rings is 1. The number of hydrogen-bond acceptors (Lipinski definition) is 1. The molecule has 2 aromatic rings. The molecule has 0 aliphatic heterocycles. The lowest BCUT2D eigenvalue weighted by Crippen LogP contribution is -2.25. The van der Waals surface area contributed by atoms with Crippen molar-refractivity contribution in [2.24, 2.45) is 11.8 Å². The maximum absolute atomic E-state index is 4.26. The van der Waals surface area contributed by atoms with Gasteiger partial charge in [-0.05, 0) is 30.2 Å². The predicted molar refractivity (Wildman–Crippen MR) is 89.3 cm³/mol. The van der Waals surface area contributed by atoms with Crippen molar-refractivity contribution in [3.8, 4) is 0 Å². The number of unbranched alkanes of at least 4 members (excludes halogenated alkanes) is 1. The molecule has 0 aliphatic rings. The number of rotatable bonds is 8. The number of aromatic nitrogens is 2. The molecule has 114 valence electrons. The molecule has 21 heavy (non-hydrogen) atoms. The van der Waals surface area contributed by atoms with Gasteiger partial charge < -0.3 is 4.57 Å². The van der Waals surface area contributed by atoms with Gasteiger partial charge in [-0.15, -0.1) is 0 Å². The summed E-state index contributed by atoms with van der Waals surface area (Å²) >= 11 is 0. The van der Waals surface area contributed by atoms with Crippen LogP contribution in [0, 0.1) is 11.8 Å². The van der Waals surface area contributed by atoms with Crippen LogP contribution >= 0.6 is 0 Å². The number of hydrogen-bond donors (Lipinski definition) is 0. The van der Waals surface area contributed by atoms with Crippen molar-refractivity contribution in [1.82, 2.24) is 9.55 Å². The molecule has 0 saturated carbocycles. The van der Waals surface area contributed by atoms with Crippen LogP contribution in [0.2, 0.25) is 0 Å². The minimum atomic E-state index is 0.549. The average Bonchev–Trinajstić information content (AvgIpc) is 3.01. The Kier molecular flexibility index (Phi) is 6.04. The van der Waals surface area contributed by atoms with Gasteiger partial charge in [0.05, 0.1) is 6.33 Å². The van der Waals surface area contributed by atoms with E-state index < -0.39 is 0 Å². The fourth-order valence-corrected chi connectivity index (χ4v) is 3.17. The van der Waals surface area contributed by atoms with Gasteiger partial charge in [0.25, 0.3) is 0 Å². The van der Waals surface area contributed by atoms with Gasteiger partial charge in [-0.2, -0.15) is 0 Å². The Balaban J connectivity index is 2.19. The Hall–Kier alpha value is -1.57. The van der Waals surface area contributed by atoms with Crippen LogP contribution in [-0.2, 0) is 6.42 Å². The van der Waals surface area contributed by atoms with E-state index in [4.69, 9.17) is 0 Å². The van der Waals surface area contributed by atoms with Gasteiger partial charge in [-0.1, -0.05) is 63.9 Å². The summed E-state index contributed by atoms with van der Waals surface area (Å²) in [6.45, 7) is 6.97. The third-order valence-corrected chi connectivity index (χ3v) is 4.43. The summed E-state index contributed by atoms with van der Waals surface area (Å²) in [5.41, 5.74) is 1.44. The van der Waals surface area contributed by atoms with E-state index in [9.17, 15) is 0 Å². The molecule has 2 heteroatoms. The topological polar surface area (TPSA) is 17.8 Å². The van der Waals surface area contributed by atoms with Gasteiger partial charge in [-0.3, -0.25) is 0 Å². The average molecular weight is 284 g/mol. The SMILES string of the molecule is CCCCC(C(Cc1ccccc1)C(C)C)n1ccnc1. The normalized spacial score (nSPS) is 14.3. The van der Waals surface area contributed by atoms with Gasteiger partial charge in [0, 0.05) is 18.4 Å². The fraction of sp³-hybridized carbons (Fsp3) is 0.526. The smallest absolute Gasteiger partial charge is 0.0948 e. The standard InChI is InChI=1S/C19H28N2/c1-4-5-11-19(21-13-12-20-15-21)18(16(2)3)14-17-9-7-6-8-10-17/h6-10,12-13,15-16,18-19H,4-5,11,14H2,1-3H3. The van der Waals surface area contributed by atoms with E-state index in [1.807, 2.05) is 12.5 Å². The van der Waals surface area contributed by atoms with Crippen LogP contribution in [0.5, 0.6) is 0 Å². The first kappa shape index (κ1) is 15.8. The molecular weight excluding hydrogens is 256 g/mol. The quantitative estimate of drug-likeness (QED) is 0.657. The predicted octanol–water partition coefficient (Wildman–Crippen LogP) is 5.13. The lowest BCUT2D eigenvalue weighted by Gasteiger charge is -2.31. The maximum Gasteiger partial charge on any atom is 0.0948 e. The highest BCUT2D eigenvalue weighted by Crippen LogP contribution is 2.32. The lowest BCUT2D eigenvalue weighted by molar-refractivity contribution is 0.235. The first-order chi connectivity index (χ1) is 10.2. The van der Waals surface area contributed by atoms with Crippen LogP contribution in [0.4, 0.5) is 0 Å². The van der Waals surface area contributed by atoms with Crippen molar-refractivity contribution in [2.45, 2.75) is 52.5 Å². The summed E-state index contributed by atoms with van der Waals surface area (Å²) in [7, 11) is 0. The molecule has 0 N–H and O–H groups in total. The van der Waals surface area contributed by atoms with Crippen molar-refractivity contribution >= 4 is 0 Å². The zero-order chi connectivity index (χ0) is 15.1. The molecule has 0 bridgehead atoms. The zero-order valence-electron chi connectivity index (χ0n) is 13.6. The highest BCUT2D eigenvalue weighted by Gasteiger charge is 2.25. The Morgan fingerprint density at radius 3 is 2.48 bits per heavy atom. The van der Waals surface area contributed by atoms with E-state index in [0.717, 1.165) is 6.42 Å². The van der Waals surface area contributed by atoms with E-state index in [2.05, 4.69) is 66.9 Å². The molecule has 1 aromatic carbocycles. The molecule has 1 heterocycles. The second kappa shape index (κ2) is 8.02. The van der Waals surface area contributed by atoms with Gasteiger partial charge in [0.15, 0.2) is 0 Å². The largest absolute Gasteiger partial charge is 0.334 e. The minimum Gasteiger partial charge on any atom is -0.334 e. The third kappa shape index (κ3) is 4.45. The molecular formula is C19H28N2. The third-order valence-electron chi connectivity index (χ3n) is 4.43. The molecule has 2 rings (SSSR count). The van der Waals surface area contributed by atoms with Crippen molar-refractivity contribution in [1.29, 1.82) is 0 Å². The van der Waals surface area contributed by atoms with Crippen LogP contribution in [0.1, 0.15) is 51.6 Å². The second-order valence-electron chi connectivity index (χ2n) is 6.32. The summed E-state index contributed by atoms with van der Waals surface area (Å²) < 4.78 is 2.32. The highest BCUT2D eigenvalue weighted by atomic mass is 15.1. The lowest BCUT2D eigenvalue weighted by atomic mass is 9.81. The second-order valence-corrected chi connectivity index (χ2v) is 6.32. The van der Waals surface area contributed by atoms with Gasteiger partial charge in [-0.25, -0.2) is 4.98 Å². The number of nitrogens with zero attached hydrogens (tertiary/aromatic N) is 2. The summed E-state index contributed by atoms with van der Waals surface area (Å²) in [6, 6.07) is 11.4. The van der Waals surface area contributed by atoms with Crippen LogP contribution in [0.3, 0.4) is 0 Å². The van der Waals surface area contributed by atoms with Crippen molar-refractivity contribution in [2.75, 3.05) is 0 Å². The molecule has 2 nitrogen and oxygen atoms in total. The first-order valence-corrected chi connectivity index (χ1v) is 8.23. The van der Waals surface area contributed by atoms with Gasteiger partial charge in [0.1, 0.15) is 0 Å². The van der Waals surface area contributed by atoms with Crippen molar-refractivity contribution in [3.63, 3.8) is 0 Å². The van der Waals surface area contributed by atoms with E-state index in [1.165, 1.54) is 24.8 Å². The van der Waals surface area contributed by atoms with Crippen LogP contribution in [0.15, 0.2) is 49.1 Å².